The Balaban J connectivity index is 1.73. The zero-order valence-corrected chi connectivity index (χ0v) is 29.6. The van der Waals surface area contributed by atoms with E-state index in [0.717, 1.165) is 48.8 Å². The van der Waals surface area contributed by atoms with Gasteiger partial charge in [-0.2, -0.15) is 0 Å². The molecule has 2 N–H and O–H groups in total. The summed E-state index contributed by atoms with van der Waals surface area (Å²) in [6, 6.07) is 18.7. The van der Waals surface area contributed by atoms with E-state index < -0.39 is 29.5 Å². The third-order valence-corrected chi connectivity index (χ3v) is 7.97. The first-order chi connectivity index (χ1) is 22.7. The summed E-state index contributed by atoms with van der Waals surface area (Å²) >= 11 is 0. The van der Waals surface area contributed by atoms with Crippen LogP contribution in [0.25, 0.3) is 0 Å². The number of carbonyl (C=O) groups excluding carboxylic acids is 2. The highest BCUT2D eigenvalue weighted by Crippen LogP contribution is 2.33. The fraction of sp³-hybridized carbons (Fsp3) is 0.487. The second-order valence-corrected chi connectivity index (χ2v) is 13.7. The van der Waals surface area contributed by atoms with Crippen molar-refractivity contribution in [2.75, 3.05) is 18.5 Å². The van der Waals surface area contributed by atoms with E-state index in [4.69, 9.17) is 14.2 Å². The van der Waals surface area contributed by atoms with Crippen molar-refractivity contribution < 1.29 is 33.3 Å². The van der Waals surface area contributed by atoms with Crippen LogP contribution in [0.5, 0.6) is 11.5 Å². The predicted molar refractivity (Wildman–Crippen MR) is 188 cm³/mol. The Kier molecular flexibility index (Phi) is 14.3. The first kappa shape index (κ1) is 38.3. The molecule has 3 rings (SSSR count). The van der Waals surface area contributed by atoms with Gasteiger partial charge in [0.05, 0.1) is 12.7 Å². The number of anilines is 1. The maximum Gasteiger partial charge on any atom is 0.349 e. The summed E-state index contributed by atoms with van der Waals surface area (Å²) in [5, 5.41) is 13.4. The van der Waals surface area contributed by atoms with E-state index in [0.29, 0.717) is 18.8 Å². The fourth-order valence-electron chi connectivity index (χ4n) is 5.07. The van der Waals surface area contributed by atoms with E-state index in [9.17, 15) is 14.7 Å². The molecule has 2 amide bonds. The minimum atomic E-state index is -1.15. The highest BCUT2D eigenvalue weighted by molar-refractivity contribution is 5.91. The molecule has 262 valence electrons. The van der Waals surface area contributed by atoms with Gasteiger partial charge in [0.2, 0.25) is 0 Å². The molecule has 3 aromatic rings. The van der Waals surface area contributed by atoms with E-state index in [2.05, 4.69) is 12.2 Å². The average Bonchev–Trinajstić information content (AvgIpc) is 3.04. The van der Waals surface area contributed by atoms with Gasteiger partial charge in [0, 0.05) is 13.1 Å². The molecule has 0 aliphatic heterocycles. The zero-order valence-electron chi connectivity index (χ0n) is 29.6. The first-order valence-corrected chi connectivity index (χ1v) is 16.9. The van der Waals surface area contributed by atoms with Gasteiger partial charge in [-0.1, -0.05) is 95.8 Å². The van der Waals surface area contributed by atoms with Crippen molar-refractivity contribution in [3.8, 4) is 11.5 Å². The number of nitrogens with one attached hydrogen (secondary N) is 1. The Hall–Kier alpha value is -4.11. The number of urea groups is 1. The molecule has 9 heteroatoms. The summed E-state index contributed by atoms with van der Waals surface area (Å²) in [4.78, 5) is 27.6. The second-order valence-electron chi connectivity index (χ2n) is 13.7. The number of hydrogen-bond acceptors (Lipinski definition) is 6. The van der Waals surface area contributed by atoms with Crippen LogP contribution in [0.3, 0.4) is 0 Å². The monoisotopic (exact) mass is 664 g/mol. The SMILES string of the molecule is CCCCCCCN(Cc1ccc(OC(C)(C)C(=O)OCC)cc1)C(=O)Nc1c(F)cccc1OCc1ccc(C(O)C(C)(C)C)cc1. The average molecular weight is 665 g/mol. The summed E-state index contributed by atoms with van der Waals surface area (Å²) in [5.41, 5.74) is 1.03. The lowest BCUT2D eigenvalue weighted by Gasteiger charge is -2.26. The number of amides is 2. The van der Waals surface area contributed by atoms with Crippen molar-refractivity contribution in [3.05, 3.63) is 89.2 Å². The molecule has 0 radical (unpaired) electrons. The van der Waals surface area contributed by atoms with Gasteiger partial charge in [0.25, 0.3) is 0 Å². The number of carbonyl (C=O) groups is 2. The van der Waals surface area contributed by atoms with Crippen LogP contribution in [0.15, 0.2) is 66.7 Å². The Labute approximate surface area is 285 Å². The molecule has 1 atom stereocenters. The van der Waals surface area contributed by atoms with Gasteiger partial charge in [-0.25, -0.2) is 14.0 Å². The molecule has 0 aliphatic rings. The van der Waals surface area contributed by atoms with E-state index >= 15 is 4.39 Å². The molecule has 0 saturated carbocycles. The Morgan fingerprint density at radius 2 is 1.52 bits per heavy atom. The number of esters is 1. The molecule has 0 aromatic heterocycles. The number of aliphatic hydroxyl groups excluding tert-OH is 1. The molecule has 8 nitrogen and oxygen atoms in total. The highest BCUT2D eigenvalue weighted by atomic mass is 19.1. The molecule has 0 saturated heterocycles. The summed E-state index contributed by atoms with van der Waals surface area (Å²) in [6.45, 7) is 14.3. The van der Waals surface area contributed by atoms with Gasteiger partial charge < -0.3 is 29.5 Å². The summed E-state index contributed by atoms with van der Waals surface area (Å²) in [7, 11) is 0. The lowest BCUT2D eigenvalue weighted by atomic mass is 9.85. The van der Waals surface area contributed by atoms with E-state index in [1.165, 1.54) is 6.07 Å². The number of para-hydroxylation sites is 1. The third-order valence-electron chi connectivity index (χ3n) is 7.97. The first-order valence-electron chi connectivity index (χ1n) is 16.9. The number of ether oxygens (including phenoxy) is 3. The minimum Gasteiger partial charge on any atom is -0.487 e. The Bertz CT molecular complexity index is 1450. The molecule has 0 aliphatic carbocycles. The van der Waals surface area contributed by atoms with Crippen LogP contribution in [0.2, 0.25) is 0 Å². The van der Waals surface area contributed by atoms with Gasteiger partial charge in [-0.3, -0.25) is 0 Å². The number of rotatable bonds is 17. The summed E-state index contributed by atoms with van der Waals surface area (Å²) in [5.74, 6) is -0.334. The molecule has 0 heterocycles. The van der Waals surface area contributed by atoms with Crippen LogP contribution < -0.4 is 14.8 Å². The van der Waals surface area contributed by atoms with Crippen LogP contribution in [0.4, 0.5) is 14.9 Å². The molecule has 3 aromatic carbocycles. The number of benzene rings is 3. The molecular weight excluding hydrogens is 611 g/mol. The summed E-state index contributed by atoms with van der Waals surface area (Å²) in [6.07, 6.45) is 4.50. The number of aliphatic hydroxyl groups is 1. The maximum absolute atomic E-state index is 15.2. The standard InChI is InChI=1S/C39H53FN2O6/c1-8-10-11-12-13-25-42(26-28-19-23-31(24-20-28)48-39(6,7)36(44)46-9-2)37(45)41-34-32(40)15-14-16-33(34)47-27-29-17-21-30(22-18-29)35(43)38(3,4)5/h14-24,35,43H,8-13,25-27H2,1-7H3,(H,41,45). The van der Waals surface area contributed by atoms with Gasteiger partial charge in [-0.05, 0) is 73.6 Å². The maximum atomic E-state index is 15.2. The second kappa shape index (κ2) is 17.9. The van der Waals surface area contributed by atoms with Crippen LogP contribution in [-0.4, -0.2) is 40.8 Å². The third kappa shape index (κ3) is 11.5. The van der Waals surface area contributed by atoms with Crippen molar-refractivity contribution in [2.45, 2.75) is 105 Å². The van der Waals surface area contributed by atoms with Gasteiger partial charge in [0.15, 0.2) is 11.4 Å². The molecule has 1 unspecified atom stereocenters. The number of nitrogens with zero attached hydrogens (tertiary/aromatic N) is 1. The minimum absolute atomic E-state index is 0.0248. The van der Waals surface area contributed by atoms with Crippen LogP contribution in [-0.2, 0) is 22.7 Å². The number of halogens is 1. The lowest BCUT2D eigenvalue weighted by molar-refractivity contribution is -0.158. The van der Waals surface area contributed by atoms with Crippen molar-refractivity contribution in [1.29, 1.82) is 0 Å². The number of unbranched alkanes of at least 4 members (excludes halogenated alkanes) is 4. The van der Waals surface area contributed by atoms with E-state index in [1.54, 1.807) is 49.9 Å². The van der Waals surface area contributed by atoms with Crippen molar-refractivity contribution >= 4 is 17.7 Å². The lowest BCUT2D eigenvalue weighted by Crippen LogP contribution is -2.39. The van der Waals surface area contributed by atoms with Crippen molar-refractivity contribution in [1.82, 2.24) is 4.90 Å². The van der Waals surface area contributed by atoms with Gasteiger partial charge >= 0.3 is 12.0 Å². The molecule has 0 spiro atoms. The van der Waals surface area contributed by atoms with Gasteiger partial charge in [0.1, 0.15) is 23.8 Å². The Morgan fingerprint density at radius 1 is 0.875 bits per heavy atom. The smallest absolute Gasteiger partial charge is 0.349 e. The van der Waals surface area contributed by atoms with Crippen molar-refractivity contribution in [2.24, 2.45) is 5.41 Å². The molecular formula is C39H53FN2O6. The molecule has 0 fully saturated rings. The summed E-state index contributed by atoms with van der Waals surface area (Å²) < 4.78 is 32.2. The topological polar surface area (TPSA) is 97.3 Å². The quantitative estimate of drug-likeness (QED) is 0.110. The van der Waals surface area contributed by atoms with E-state index in [-0.39, 0.29) is 30.1 Å². The fourth-order valence-corrected chi connectivity index (χ4v) is 5.07. The van der Waals surface area contributed by atoms with Crippen molar-refractivity contribution in [3.63, 3.8) is 0 Å². The Morgan fingerprint density at radius 3 is 2.15 bits per heavy atom. The molecule has 0 bridgehead atoms. The van der Waals surface area contributed by atoms with Gasteiger partial charge in [-0.15, -0.1) is 0 Å². The normalized spacial score (nSPS) is 12.3. The van der Waals surface area contributed by atoms with Crippen LogP contribution >= 0.6 is 0 Å². The molecule has 48 heavy (non-hydrogen) atoms. The predicted octanol–water partition coefficient (Wildman–Crippen LogP) is 9.21. The van der Waals surface area contributed by atoms with Crippen LogP contribution in [0.1, 0.15) is 103 Å². The van der Waals surface area contributed by atoms with E-state index in [1.807, 2.05) is 57.2 Å². The van der Waals surface area contributed by atoms with Crippen LogP contribution in [0, 0.1) is 11.2 Å². The highest BCUT2D eigenvalue weighted by Gasteiger charge is 2.31. The zero-order chi connectivity index (χ0) is 35.3. The largest absolute Gasteiger partial charge is 0.487 e. The number of hydrogen-bond donors (Lipinski definition) is 2.